The van der Waals surface area contributed by atoms with E-state index in [1.807, 2.05) is 18.2 Å². The Morgan fingerprint density at radius 2 is 1.77 bits per heavy atom. The zero-order valence-corrected chi connectivity index (χ0v) is 20.1. The fourth-order valence-corrected chi connectivity index (χ4v) is 4.88. The van der Waals surface area contributed by atoms with Crippen LogP contribution in [-0.4, -0.2) is 72.0 Å². The highest BCUT2D eigenvalue weighted by Gasteiger charge is 2.27. The van der Waals surface area contributed by atoms with Gasteiger partial charge in [-0.3, -0.25) is 4.79 Å². The van der Waals surface area contributed by atoms with Gasteiger partial charge in [-0.2, -0.15) is 14.2 Å². The number of hydrogen-bond acceptors (Lipinski definition) is 8. The number of benzene rings is 2. The van der Waals surface area contributed by atoms with Crippen molar-refractivity contribution in [3.05, 3.63) is 66.0 Å². The quantitative estimate of drug-likeness (QED) is 0.487. The van der Waals surface area contributed by atoms with Crippen molar-refractivity contribution in [2.45, 2.75) is 24.8 Å². The maximum Gasteiger partial charge on any atom is 0.361 e. The van der Waals surface area contributed by atoms with E-state index in [4.69, 9.17) is 9.47 Å². The largest absolute Gasteiger partial charge is 0.448 e. The highest BCUT2D eigenvalue weighted by atomic mass is 32.2. The molecule has 3 aromatic rings. The minimum absolute atomic E-state index is 0.00731. The zero-order chi connectivity index (χ0) is 25.0. The van der Waals surface area contributed by atoms with Crippen LogP contribution in [0.25, 0.3) is 5.69 Å². The second kappa shape index (κ2) is 10.3. The number of hydrogen-bond donors (Lipinski definition) is 1. The van der Waals surface area contributed by atoms with Crippen molar-refractivity contribution < 1.29 is 27.5 Å². The SMILES string of the molecule is Cc1nn(-c2ccccc2)nc1C(=O)OC(C)C(=O)Nc1cccc(S(=O)(=O)N2CCOCC2)c1. The molecule has 4 rings (SSSR count). The van der Waals surface area contributed by atoms with E-state index in [2.05, 4.69) is 15.5 Å². The van der Waals surface area contributed by atoms with Crippen molar-refractivity contribution in [1.29, 1.82) is 0 Å². The molecule has 1 fully saturated rings. The van der Waals surface area contributed by atoms with Gasteiger partial charge in [0, 0.05) is 18.8 Å². The molecule has 35 heavy (non-hydrogen) atoms. The van der Waals surface area contributed by atoms with E-state index in [1.54, 1.807) is 25.1 Å². The minimum atomic E-state index is -3.72. The lowest BCUT2D eigenvalue weighted by molar-refractivity contribution is -0.123. The topological polar surface area (TPSA) is 133 Å². The van der Waals surface area contributed by atoms with E-state index in [1.165, 1.54) is 34.2 Å². The van der Waals surface area contributed by atoms with Gasteiger partial charge in [0.1, 0.15) is 0 Å². The molecule has 184 valence electrons. The Hall–Kier alpha value is -3.61. The number of aryl methyl sites for hydroxylation is 1. The summed E-state index contributed by atoms with van der Waals surface area (Å²) in [6, 6.07) is 15.0. The van der Waals surface area contributed by atoms with E-state index >= 15 is 0 Å². The van der Waals surface area contributed by atoms with E-state index in [0.29, 0.717) is 24.6 Å². The number of ether oxygens (including phenoxy) is 2. The third kappa shape index (κ3) is 5.56. The van der Waals surface area contributed by atoms with Gasteiger partial charge in [0.15, 0.2) is 11.8 Å². The number of para-hydroxylation sites is 1. The molecule has 2 aromatic carbocycles. The molecular weight excluding hydrogens is 474 g/mol. The van der Waals surface area contributed by atoms with Gasteiger partial charge in [-0.25, -0.2) is 13.2 Å². The number of nitrogens with one attached hydrogen (secondary N) is 1. The van der Waals surface area contributed by atoms with Crippen LogP contribution in [0.2, 0.25) is 0 Å². The average molecular weight is 500 g/mol. The van der Waals surface area contributed by atoms with E-state index in [9.17, 15) is 18.0 Å². The number of anilines is 1. The molecule has 1 atom stereocenters. The van der Waals surface area contributed by atoms with Gasteiger partial charge in [-0.05, 0) is 44.2 Å². The number of aromatic nitrogens is 3. The predicted octanol–water partition coefficient (Wildman–Crippen LogP) is 1.78. The molecule has 1 aromatic heterocycles. The summed E-state index contributed by atoms with van der Waals surface area (Å²) in [5.74, 6) is -1.41. The fraction of sp³-hybridized carbons (Fsp3) is 0.304. The molecule has 1 amide bonds. The number of amides is 1. The molecule has 11 nitrogen and oxygen atoms in total. The number of morpholine rings is 1. The van der Waals surface area contributed by atoms with Crippen LogP contribution in [0.15, 0.2) is 59.5 Å². The Morgan fingerprint density at radius 1 is 1.06 bits per heavy atom. The lowest BCUT2D eigenvalue weighted by Gasteiger charge is -2.26. The van der Waals surface area contributed by atoms with Gasteiger partial charge in [0.05, 0.1) is 29.5 Å². The third-order valence-electron chi connectivity index (χ3n) is 5.33. The number of rotatable bonds is 7. The normalized spacial score (nSPS) is 15.4. The molecule has 1 aliphatic rings. The molecule has 1 unspecified atom stereocenters. The van der Waals surface area contributed by atoms with E-state index in [0.717, 1.165) is 0 Å². The van der Waals surface area contributed by atoms with Gasteiger partial charge in [-0.15, -0.1) is 5.10 Å². The summed E-state index contributed by atoms with van der Waals surface area (Å²) in [6.45, 7) is 4.22. The number of sulfonamides is 1. The molecule has 12 heteroatoms. The number of carbonyl (C=O) groups is 2. The summed E-state index contributed by atoms with van der Waals surface area (Å²) >= 11 is 0. The predicted molar refractivity (Wildman–Crippen MR) is 126 cm³/mol. The van der Waals surface area contributed by atoms with Crippen molar-refractivity contribution in [1.82, 2.24) is 19.3 Å². The monoisotopic (exact) mass is 499 g/mol. The molecule has 2 heterocycles. The molecule has 0 aliphatic carbocycles. The first-order valence-electron chi connectivity index (χ1n) is 10.9. The van der Waals surface area contributed by atoms with Gasteiger partial charge < -0.3 is 14.8 Å². The molecule has 1 saturated heterocycles. The van der Waals surface area contributed by atoms with Crippen LogP contribution in [0.1, 0.15) is 23.1 Å². The highest BCUT2D eigenvalue weighted by Crippen LogP contribution is 2.21. The Bertz CT molecular complexity index is 1320. The van der Waals surface area contributed by atoms with Crippen molar-refractivity contribution in [2.75, 3.05) is 31.6 Å². The molecule has 0 bridgehead atoms. The van der Waals surface area contributed by atoms with Gasteiger partial charge >= 0.3 is 5.97 Å². The Labute approximate surface area is 202 Å². The highest BCUT2D eigenvalue weighted by molar-refractivity contribution is 7.89. The van der Waals surface area contributed by atoms with Gasteiger partial charge in [-0.1, -0.05) is 24.3 Å². The summed E-state index contributed by atoms with van der Waals surface area (Å²) in [4.78, 5) is 26.6. The smallest absolute Gasteiger partial charge is 0.361 e. The summed E-state index contributed by atoms with van der Waals surface area (Å²) in [5, 5.41) is 11.0. The summed E-state index contributed by atoms with van der Waals surface area (Å²) in [6.07, 6.45) is -1.16. The first-order chi connectivity index (χ1) is 16.8. The van der Waals surface area contributed by atoms with Crippen LogP contribution in [0.3, 0.4) is 0 Å². The Kier molecular flexibility index (Phi) is 7.24. The molecule has 0 saturated carbocycles. The van der Waals surface area contributed by atoms with Crippen molar-refractivity contribution >= 4 is 27.6 Å². The fourth-order valence-electron chi connectivity index (χ4n) is 3.43. The van der Waals surface area contributed by atoms with Crippen LogP contribution in [-0.2, 0) is 24.3 Å². The minimum Gasteiger partial charge on any atom is -0.448 e. The van der Waals surface area contributed by atoms with Crippen LogP contribution < -0.4 is 5.32 Å². The second-order valence-electron chi connectivity index (χ2n) is 7.84. The van der Waals surface area contributed by atoms with E-state index < -0.39 is 28.0 Å². The van der Waals surface area contributed by atoms with E-state index in [-0.39, 0.29) is 29.4 Å². The van der Waals surface area contributed by atoms with Crippen molar-refractivity contribution in [3.8, 4) is 5.69 Å². The average Bonchev–Trinajstić information content (AvgIpc) is 3.27. The van der Waals surface area contributed by atoms with Crippen LogP contribution >= 0.6 is 0 Å². The number of nitrogens with zero attached hydrogens (tertiary/aromatic N) is 4. The molecule has 0 radical (unpaired) electrons. The zero-order valence-electron chi connectivity index (χ0n) is 19.2. The number of esters is 1. The summed E-state index contributed by atoms with van der Waals surface area (Å²) in [7, 11) is -3.72. The maximum atomic E-state index is 12.9. The molecule has 1 N–H and O–H groups in total. The first kappa shape index (κ1) is 24.5. The van der Waals surface area contributed by atoms with Gasteiger partial charge in [0.25, 0.3) is 5.91 Å². The van der Waals surface area contributed by atoms with Gasteiger partial charge in [0.2, 0.25) is 10.0 Å². The second-order valence-corrected chi connectivity index (χ2v) is 9.78. The lowest BCUT2D eigenvalue weighted by Crippen LogP contribution is -2.40. The summed E-state index contributed by atoms with van der Waals surface area (Å²) in [5.41, 5.74) is 1.28. The third-order valence-corrected chi connectivity index (χ3v) is 7.22. The van der Waals surface area contributed by atoms with Crippen molar-refractivity contribution in [2.24, 2.45) is 0 Å². The molecule has 0 spiro atoms. The van der Waals surface area contributed by atoms with Crippen LogP contribution in [0, 0.1) is 6.92 Å². The van der Waals surface area contributed by atoms with Crippen LogP contribution in [0.5, 0.6) is 0 Å². The summed E-state index contributed by atoms with van der Waals surface area (Å²) < 4.78 is 37.6. The molecular formula is C23H25N5O6S. The lowest BCUT2D eigenvalue weighted by atomic mass is 10.3. The van der Waals surface area contributed by atoms with Crippen LogP contribution in [0.4, 0.5) is 5.69 Å². The standard InChI is InChI=1S/C23H25N5O6S/c1-16-21(26-28(25-16)19-8-4-3-5-9-19)23(30)34-17(2)22(29)24-18-7-6-10-20(15-18)35(31,32)27-11-13-33-14-12-27/h3-10,15,17H,11-14H2,1-2H3,(H,24,29). The first-order valence-corrected chi connectivity index (χ1v) is 12.4. The number of carbonyl (C=O) groups excluding carboxylic acids is 2. The maximum absolute atomic E-state index is 12.9. The molecule has 1 aliphatic heterocycles. The van der Waals surface area contributed by atoms with Crippen molar-refractivity contribution in [3.63, 3.8) is 0 Å². The Morgan fingerprint density at radius 3 is 2.49 bits per heavy atom. The Balaban J connectivity index is 1.41.